The number of benzene rings is 1. The Hall–Kier alpha value is -1.75. The van der Waals surface area contributed by atoms with E-state index in [0.29, 0.717) is 0 Å². The average Bonchev–Trinajstić information content (AvgIpc) is 2.40. The van der Waals surface area contributed by atoms with Crippen molar-refractivity contribution in [3.05, 3.63) is 36.7 Å². The number of rotatable bonds is 4. The van der Waals surface area contributed by atoms with Gasteiger partial charge in [0.25, 0.3) is 0 Å². The Balaban J connectivity index is 2.13. The Morgan fingerprint density at radius 3 is 2.59 bits per heavy atom. The number of nitrogens with one attached hydrogen (secondary N) is 1. The zero-order valence-corrected chi connectivity index (χ0v) is 10.5. The third-order valence-electron chi connectivity index (χ3n) is 2.15. The van der Waals surface area contributed by atoms with E-state index in [1.54, 1.807) is 31.3 Å². The molecular formula is C12H13N3OS. The normalized spacial score (nSPS) is 10.0. The molecule has 0 aliphatic rings. The summed E-state index contributed by atoms with van der Waals surface area (Å²) in [6, 6.07) is 7.85. The second-order valence-electron chi connectivity index (χ2n) is 3.27. The van der Waals surface area contributed by atoms with Crippen LogP contribution in [0.3, 0.4) is 0 Å². The van der Waals surface area contributed by atoms with Gasteiger partial charge in [0.2, 0.25) is 0 Å². The minimum absolute atomic E-state index is 0.767. The molecule has 4 nitrogen and oxygen atoms in total. The molecule has 5 heteroatoms. The molecule has 17 heavy (non-hydrogen) atoms. The Labute approximate surface area is 104 Å². The molecule has 1 N–H and O–H groups in total. The van der Waals surface area contributed by atoms with E-state index in [1.165, 1.54) is 0 Å². The first-order chi connectivity index (χ1) is 8.31. The Kier molecular flexibility index (Phi) is 3.82. The summed E-state index contributed by atoms with van der Waals surface area (Å²) < 4.78 is 5.11. The molecule has 2 aromatic rings. The fourth-order valence-corrected chi connectivity index (χ4v) is 2.05. The number of anilines is 1. The largest absolute Gasteiger partial charge is 0.497 e. The van der Waals surface area contributed by atoms with Gasteiger partial charge in [0.15, 0.2) is 0 Å². The molecule has 1 heterocycles. The second kappa shape index (κ2) is 5.54. The highest BCUT2D eigenvalue weighted by Crippen LogP contribution is 2.27. The van der Waals surface area contributed by atoms with Crippen LogP contribution in [0.4, 0.5) is 5.82 Å². The van der Waals surface area contributed by atoms with E-state index < -0.39 is 0 Å². The first-order valence-electron chi connectivity index (χ1n) is 5.13. The van der Waals surface area contributed by atoms with E-state index in [-0.39, 0.29) is 0 Å². The van der Waals surface area contributed by atoms with Gasteiger partial charge in [-0.3, -0.25) is 4.98 Å². The minimum Gasteiger partial charge on any atom is -0.497 e. The third-order valence-corrected chi connectivity index (χ3v) is 3.06. The van der Waals surface area contributed by atoms with E-state index in [9.17, 15) is 0 Å². The predicted octanol–water partition coefficient (Wildman–Crippen LogP) is 2.68. The van der Waals surface area contributed by atoms with Gasteiger partial charge in [-0.1, -0.05) is 11.8 Å². The molecule has 2 rings (SSSR count). The van der Waals surface area contributed by atoms with Crippen molar-refractivity contribution in [2.75, 3.05) is 19.5 Å². The molecule has 0 spiro atoms. The highest BCUT2D eigenvalue weighted by molar-refractivity contribution is 7.99. The summed E-state index contributed by atoms with van der Waals surface area (Å²) in [4.78, 5) is 9.61. The van der Waals surface area contributed by atoms with Gasteiger partial charge in [-0.25, -0.2) is 4.98 Å². The van der Waals surface area contributed by atoms with Gasteiger partial charge >= 0.3 is 0 Å². The molecule has 0 saturated carbocycles. The van der Waals surface area contributed by atoms with Gasteiger partial charge in [0.05, 0.1) is 19.5 Å². The summed E-state index contributed by atoms with van der Waals surface area (Å²) in [7, 11) is 3.48. The number of hydrogen-bond donors (Lipinski definition) is 1. The van der Waals surface area contributed by atoms with E-state index in [1.807, 2.05) is 31.3 Å². The Morgan fingerprint density at radius 1 is 1.18 bits per heavy atom. The quantitative estimate of drug-likeness (QED) is 0.900. The molecule has 0 fully saturated rings. The lowest BCUT2D eigenvalue weighted by molar-refractivity contribution is 0.414. The Bertz CT molecular complexity index is 487. The molecule has 0 radical (unpaired) electrons. The number of aromatic nitrogens is 2. The van der Waals surface area contributed by atoms with Crippen LogP contribution >= 0.6 is 11.8 Å². The maximum absolute atomic E-state index is 5.11. The maximum atomic E-state index is 5.11. The summed E-state index contributed by atoms with van der Waals surface area (Å²) in [5.74, 6) is 1.62. The fraction of sp³-hybridized carbons (Fsp3) is 0.167. The highest BCUT2D eigenvalue weighted by atomic mass is 32.2. The van der Waals surface area contributed by atoms with Crippen molar-refractivity contribution in [1.82, 2.24) is 9.97 Å². The zero-order valence-electron chi connectivity index (χ0n) is 9.68. The van der Waals surface area contributed by atoms with Crippen LogP contribution in [0.2, 0.25) is 0 Å². The van der Waals surface area contributed by atoms with Gasteiger partial charge < -0.3 is 10.1 Å². The summed E-state index contributed by atoms with van der Waals surface area (Å²) in [5, 5.41) is 3.83. The molecule has 0 aliphatic carbocycles. The minimum atomic E-state index is 0.767. The van der Waals surface area contributed by atoms with Crippen molar-refractivity contribution in [3.8, 4) is 5.75 Å². The van der Waals surface area contributed by atoms with Gasteiger partial charge in [-0.2, -0.15) is 0 Å². The van der Waals surface area contributed by atoms with Crippen molar-refractivity contribution in [2.24, 2.45) is 0 Å². The topological polar surface area (TPSA) is 47.0 Å². The SMILES string of the molecule is CNc1cncc(Sc2ccc(OC)cc2)n1. The predicted molar refractivity (Wildman–Crippen MR) is 68.7 cm³/mol. The monoisotopic (exact) mass is 247 g/mol. The Morgan fingerprint density at radius 2 is 1.94 bits per heavy atom. The summed E-state index contributed by atoms with van der Waals surface area (Å²) >= 11 is 1.57. The molecule has 0 amide bonds. The standard InChI is InChI=1S/C12H13N3OS/c1-13-11-7-14-8-12(15-11)17-10-5-3-9(16-2)4-6-10/h3-8H,1-2H3,(H,13,15). The van der Waals surface area contributed by atoms with Crippen LogP contribution in [0.25, 0.3) is 0 Å². The van der Waals surface area contributed by atoms with E-state index >= 15 is 0 Å². The van der Waals surface area contributed by atoms with Crippen molar-refractivity contribution in [1.29, 1.82) is 0 Å². The van der Waals surface area contributed by atoms with E-state index in [0.717, 1.165) is 21.5 Å². The molecule has 0 unspecified atom stereocenters. The molecular weight excluding hydrogens is 234 g/mol. The number of ether oxygens (including phenoxy) is 1. The lowest BCUT2D eigenvalue weighted by Gasteiger charge is -2.04. The summed E-state index contributed by atoms with van der Waals surface area (Å²) in [5.41, 5.74) is 0. The van der Waals surface area contributed by atoms with Crippen LogP contribution in [-0.2, 0) is 0 Å². The second-order valence-corrected chi connectivity index (χ2v) is 4.36. The molecule has 1 aromatic heterocycles. The summed E-state index contributed by atoms with van der Waals surface area (Å²) in [6.07, 6.45) is 3.44. The number of hydrogen-bond acceptors (Lipinski definition) is 5. The fourth-order valence-electron chi connectivity index (χ4n) is 1.28. The first-order valence-corrected chi connectivity index (χ1v) is 5.95. The number of nitrogens with zero attached hydrogens (tertiary/aromatic N) is 2. The van der Waals surface area contributed by atoms with Gasteiger partial charge in [-0.05, 0) is 24.3 Å². The van der Waals surface area contributed by atoms with Gasteiger partial charge in [-0.15, -0.1) is 0 Å². The maximum Gasteiger partial charge on any atom is 0.145 e. The first kappa shape index (κ1) is 11.7. The molecule has 0 atom stereocenters. The van der Waals surface area contributed by atoms with Crippen molar-refractivity contribution in [2.45, 2.75) is 9.92 Å². The van der Waals surface area contributed by atoms with Crippen molar-refractivity contribution in [3.63, 3.8) is 0 Å². The van der Waals surface area contributed by atoms with Crippen molar-refractivity contribution >= 4 is 17.6 Å². The molecule has 0 bridgehead atoms. The van der Waals surface area contributed by atoms with Crippen LogP contribution in [0.15, 0.2) is 46.6 Å². The molecule has 1 aromatic carbocycles. The van der Waals surface area contributed by atoms with Gasteiger partial charge in [0, 0.05) is 11.9 Å². The van der Waals surface area contributed by atoms with E-state index in [2.05, 4.69) is 15.3 Å². The lowest BCUT2D eigenvalue weighted by atomic mass is 10.3. The van der Waals surface area contributed by atoms with Crippen molar-refractivity contribution < 1.29 is 4.74 Å². The van der Waals surface area contributed by atoms with Crippen LogP contribution in [0.5, 0.6) is 5.75 Å². The smallest absolute Gasteiger partial charge is 0.145 e. The lowest BCUT2D eigenvalue weighted by Crippen LogP contribution is -1.93. The van der Waals surface area contributed by atoms with Crippen LogP contribution < -0.4 is 10.1 Å². The van der Waals surface area contributed by atoms with Crippen LogP contribution in [0.1, 0.15) is 0 Å². The highest BCUT2D eigenvalue weighted by Gasteiger charge is 2.01. The van der Waals surface area contributed by atoms with Gasteiger partial charge in [0.1, 0.15) is 16.6 Å². The third kappa shape index (κ3) is 3.10. The summed E-state index contributed by atoms with van der Waals surface area (Å²) in [6.45, 7) is 0. The molecule has 88 valence electrons. The average molecular weight is 247 g/mol. The van der Waals surface area contributed by atoms with Crippen LogP contribution in [-0.4, -0.2) is 24.1 Å². The molecule has 0 aliphatic heterocycles. The van der Waals surface area contributed by atoms with E-state index in [4.69, 9.17) is 4.74 Å². The zero-order chi connectivity index (χ0) is 12.1. The molecule has 0 saturated heterocycles. The van der Waals surface area contributed by atoms with Crippen LogP contribution in [0, 0.1) is 0 Å². The number of methoxy groups -OCH3 is 1.